The summed E-state index contributed by atoms with van der Waals surface area (Å²) in [7, 11) is 1.37. The molecular weight excluding hydrogens is 192 g/mol. The van der Waals surface area contributed by atoms with Gasteiger partial charge in [-0.25, -0.2) is 0 Å². The Morgan fingerprint density at radius 1 is 1.47 bits per heavy atom. The maximum Gasteiger partial charge on any atom is 0.309 e. The molecule has 78 valence electrons. The van der Waals surface area contributed by atoms with E-state index in [0.717, 1.165) is 11.3 Å². The number of nitriles is 1. The first kappa shape index (κ1) is 11.1. The number of nitrogens with one attached hydrogen (secondary N) is 1. The first-order valence-corrected chi connectivity index (χ1v) is 4.53. The second kappa shape index (κ2) is 5.66. The predicted molar refractivity (Wildman–Crippen MR) is 56.3 cm³/mol. The quantitative estimate of drug-likeness (QED) is 0.593. The Hall–Kier alpha value is -2.02. The molecule has 0 aliphatic heterocycles. The van der Waals surface area contributed by atoms with Crippen molar-refractivity contribution in [2.75, 3.05) is 19.0 Å². The van der Waals surface area contributed by atoms with Gasteiger partial charge in [-0.3, -0.25) is 4.79 Å². The van der Waals surface area contributed by atoms with Crippen LogP contribution in [0, 0.1) is 11.3 Å². The number of benzene rings is 1. The van der Waals surface area contributed by atoms with Crippen molar-refractivity contribution in [3.05, 3.63) is 29.8 Å². The maximum absolute atomic E-state index is 11.0. The lowest BCUT2D eigenvalue weighted by Gasteiger charge is -2.03. The minimum absolute atomic E-state index is 0.257. The monoisotopic (exact) mass is 204 g/mol. The zero-order chi connectivity index (χ0) is 11.1. The molecule has 0 saturated heterocycles. The second-order valence-electron chi connectivity index (χ2n) is 2.96. The lowest BCUT2D eigenvalue weighted by Crippen LogP contribution is -2.04. The molecule has 0 aliphatic carbocycles. The number of carbonyl (C=O) groups excluding carboxylic acids is 1. The average Bonchev–Trinajstić information content (AvgIpc) is 2.28. The molecule has 0 heterocycles. The molecule has 4 nitrogen and oxygen atoms in total. The molecule has 0 unspecified atom stereocenters. The molecule has 1 aromatic carbocycles. The molecule has 0 radical (unpaired) electrons. The van der Waals surface area contributed by atoms with E-state index in [1.807, 2.05) is 30.3 Å². The molecule has 0 atom stereocenters. The first-order chi connectivity index (χ1) is 7.26. The molecule has 1 aromatic rings. The van der Waals surface area contributed by atoms with Gasteiger partial charge < -0.3 is 10.1 Å². The highest BCUT2D eigenvalue weighted by Crippen LogP contribution is 2.09. The van der Waals surface area contributed by atoms with Gasteiger partial charge in [0, 0.05) is 5.69 Å². The van der Waals surface area contributed by atoms with Crippen LogP contribution < -0.4 is 5.32 Å². The lowest BCUT2D eigenvalue weighted by atomic mass is 10.1. The zero-order valence-corrected chi connectivity index (χ0v) is 8.49. The summed E-state index contributed by atoms with van der Waals surface area (Å²) < 4.78 is 4.55. The van der Waals surface area contributed by atoms with E-state index in [-0.39, 0.29) is 18.9 Å². The van der Waals surface area contributed by atoms with Gasteiger partial charge in [-0.1, -0.05) is 12.1 Å². The van der Waals surface area contributed by atoms with Gasteiger partial charge in [0.2, 0.25) is 0 Å². The van der Waals surface area contributed by atoms with Crippen molar-refractivity contribution in [3.63, 3.8) is 0 Å². The molecule has 1 rings (SSSR count). The Bertz CT molecular complexity index is 365. The molecule has 0 fully saturated rings. The maximum atomic E-state index is 11.0. The largest absolute Gasteiger partial charge is 0.469 e. The van der Waals surface area contributed by atoms with Crippen LogP contribution in [0.4, 0.5) is 5.69 Å². The fraction of sp³-hybridized carbons (Fsp3) is 0.273. The molecule has 0 amide bonds. The van der Waals surface area contributed by atoms with Crippen LogP contribution in [0.5, 0.6) is 0 Å². The molecule has 0 saturated carbocycles. The summed E-state index contributed by atoms with van der Waals surface area (Å²) in [6.07, 6.45) is 0.273. The van der Waals surface area contributed by atoms with E-state index < -0.39 is 0 Å². The number of esters is 1. The second-order valence-corrected chi connectivity index (χ2v) is 2.96. The first-order valence-electron chi connectivity index (χ1n) is 4.53. The normalized spacial score (nSPS) is 9.07. The Balaban J connectivity index is 2.57. The van der Waals surface area contributed by atoms with Crippen LogP contribution in [0.15, 0.2) is 24.3 Å². The van der Waals surface area contributed by atoms with Gasteiger partial charge in [0.25, 0.3) is 0 Å². The standard InChI is InChI=1S/C11H12N2O2/c1-15-11(14)8-9-2-4-10(5-3-9)13-7-6-12/h2-5,13H,7-8H2,1H3. The number of anilines is 1. The van der Waals surface area contributed by atoms with Gasteiger partial charge in [-0.2, -0.15) is 5.26 Å². The van der Waals surface area contributed by atoms with E-state index in [1.54, 1.807) is 0 Å². The number of nitrogens with zero attached hydrogens (tertiary/aromatic N) is 1. The Kier molecular flexibility index (Phi) is 4.17. The Labute approximate surface area is 88.5 Å². The minimum Gasteiger partial charge on any atom is -0.469 e. The fourth-order valence-electron chi connectivity index (χ4n) is 1.12. The van der Waals surface area contributed by atoms with Crippen molar-refractivity contribution in [3.8, 4) is 6.07 Å². The number of ether oxygens (including phenoxy) is 1. The topological polar surface area (TPSA) is 62.1 Å². The van der Waals surface area contributed by atoms with Crippen molar-refractivity contribution >= 4 is 11.7 Å². The zero-order valence-electron chi connectivity index (χ0n) is 8.49. The molecular formula is C11H12N2O2. The van der Waals surface area contributed by atoms with E-state index in [9.17, 15) is 4.79 Å². The molecule has 15 heavy (non-hydrogen) atoms. The van der Waals surface area contributed by atoms with E-state index in [2.05, 4.69) is 10.1 Å². The van der Waals surface area contributed by atoms with Gasteiger partial charge in [-0.15, -0.1) is 0 Å². The molecule has 1 N–H and O–H groups in total. The van der Waals surface area contributed by atoms with Crippen LogP contribution in [0.3, 0.4) is 0 Å². The van der Waals surface area contributed by atoms with Crippen LogP contribution in [0.2, 0.25) is 0 Å². The van der Waals surface area contributed by atoms with E-state index in [1.165, 1.54) is 7.11 Å². The summed E-state index contributed by atoms with van der Waals surface area (Å²) >= 11 is 0. The van der Waals surface area contributed by atoms with Crippen molar-refractivity contribution < 1.29 is 9.53 Å². The van der Waals surface area contributed by atoms with Crippen molar-refractivity contribution in [1.82, 2.24) is 0 Å². The van der Waals surface area contributed by atoms with Crippen LogP contribution in [-0.2, 0) is 16.0 Å². The third kappa shape index (κ3) is 3.69. The third-order valence-electron chi connectivity index (χ3n) is 1.90. The Morgan fingerprint density at radius 2 is 2.13 bits per heavy atom. The fourth-order valence-corrected chi connectivity index (χ4v) is 1.12. The van der Waals surface area contributed by atoms with Crippen LogP contribution >= 0.6 is 0 Å². The third-order valence-corrected chi connectivity index (χ3v) is 1.90. The number of carbonyl (C=O) groups is 1. The summed E-state index contributed by atoms with van der Waals surface area (Å²) in [6, 6.07) is 9.30. The van der Waals surface area contributed by atoms with Crippen LogP contribution in [0.25, 0.3) is 0 Å². The highest BCUT2D eigenvalue weighted by Gasteiger charge is 2.01. The smallest absolute Gasteiger partial charge is 0.309 e. The van der Waals surface area contributed by atoms with Crippen molar-refractivity contribution in [2.45, 2.75) is 6.42 Å². The van der Waals surface area contributed by atoms with Crippen molar-refractivity contribution in [2.24, 2.45) is 0 Å². The molecule has 0 spiro atoms. The summed E-state index contributed by atoms with van der Waals surface area (Å²) in [5.41, 5.74) is 1.76. The summed E-state index contributed by atoms with van der Waals surface area (Å²) in [5, 5.41) is 11.3. The van der Waals surface area contributed by atoms with Gasteiger partial charge in [-0.05, 0) is 17.7 Å². The molecule has 0 aliphatic rings. The van der Waals surface area contributed by atoms with Crippen LogP contribution in [0.1, 0.15) is 5.56 Å². The highest BCUT2D eigenvalue weighted by atomic mass is 16.5. The minimum atomic E-state index is -0.257. The van der Waals surface area contributed by atoms with Crippen molar-refractivity contribution in [1.29, 1.82) is 5.26 Å². The van der Waals surface area contributed by atoms with E-state index in [4.69, 9.17) is 5.26 Å². The molecule has 0 aromatic heterocycles. The molecule has 4 heteroatoms. The van der Waals surface area contributed by atoms with Gasteiger partial charge >= 0.3 is 5.97 Å². The average molecular weight is 204 g/mol. The van der Waals surface area contributed by atoms with Gasteiger partial charge in [0.1, 0.15) is 6.54 Å². The number of hydrogen-bond acceptors (Lipinski definition) is 4. The van der Waals surface area contributed by atoms with Crippen LogP contribution in [-0.4, -0.2) is 19.6 Å². The number of methoxy groups -OCH3 is 1. The summed E-state index contributed by atoms with van der Waals surface area (Å²) in [4.78, 5) is 11.0. The van der Waals surface area contributed by atoms with Gasteiger partial charge in [0.05, 0.1) is 19.6 Å². The summed E-state index contributed by atoms with van der Waals surface area (Å²) in [6.45, 7) is 0.274. The number of rotatable bonds is 4. The lowest BCUT2D eigenvalue weighted by molar-refractivity contribution is -0.139. The Morgan fingerprint density at radius 3 is 2.67 bits per heavy atom. The van der Waals surface area contributed by atoms with E-state index in [0.29, 0.717) is 0 Å². The number of hydrogen-bond donors (Lipinski definition) is 1. The predicted octanol–water partition coefficient (Wildman–Crippen LogP) is 1.34. The summed E-state index contributed by atoms with van der Waals surface area (Å²) in [5.74, 6) is -0.257. The van der Waals surface area contributed by atoms with E-state index >= 15 is 0 Å². The molecule has 0 bridgehead atoms. The highest BCUT2D eigenvalue weighted by molar-refractivity contribution is 5.72. The SMILES string of the molecule is COC(=O)Cc1ccc(NCC#N)cc1. The van der Waals surface area contributed by atoms with Gasteiger partial charge in [0.15, 0.2) is 0 Å².